The third kappa shape index (κ3) is 3.16. The molecule has 2 nitrogen and oxygen atoms in total. The zero-order valence-corrected chi connectivity index (χ0v) is 12.6. The van der Waals surface area contributed by atoms with E-state index in [1.807, 2.05) is 11.9 Å². The molecule has 0 spiro atoms. The fourth-order valence-electron chi connectivity index (χ4n) is 2.09. The van der Waals surface area contributed by atoms with Crippen molar-refractivity contribution in [2.75, 3.05) is 18.5 Å². The molecule has 0 bridgehead atoms. The summed E-state index contributed by atoms with van der Waals surface area (Å²) in [5.41, 5.74) is 7.58. The molecule has 2 N–H and O–H groups in total. The predicted molar refractivity (Wildman–Crippen MR) is 80.7 cm³/mol. The highest BCUT2D eigenvalue weighted by Crippen LogP contribution is 2.27. The molecule has 0 fully saturated rings. The van der Waals surface area contributed by atoms with Crippen molar-refractivity contribution in [3.05, 3.63) is 64.1 Å². The molecule has 0 saturated carbocycles. The second kappa shape index (κ2) is 6.33. The summed E-state index contributed by atoms with van der Waals surface area (Å²) in [4.78, 5) is 1.94. The lowest BCUT2D eigenvalue weighted by molar-refractivity contribution is 0.615. The van der Waals surface area contributed by atoms with Crippen molar-refractivity contribution >= 4 is 21.6 Å². The highest BCUT2D eigenvalue weighted by atomic mass is 79.9. The summed E-state index contributed by atoms with van der Waals surface area (Å²) in [6.45, 7) is 0.367. The van der Waals surface area contributed by atoms with E-state index in [-0.39, 0.29) is 17.7 Å². The van der Waals surface area contributed by atoms with Crippen LogP contribution in [0.1, 0.15) is 11.6 Å². The van der Waals surface area contributed by atoms with Crippen molar-refractivity contribution < 1.29 is 8.78 Å². The quantitative estimate of drug-likeness (QED) is 0.915. The van der Waals surface area contributed by atoms with Crippen LogP contribution < -0.4 is 10.6 Å². The number of likely N-dealkylation sites (N-methyl/N-ethyl adjacent to an activating group) is 1. The number of nitrogens with zero attached hydrogens (tertiary/aromatic N) is 1. The van der Waals surface area contributed by atoms with Crippen LogP contribution in [-0.4, -0.2) is 13.6 Å². The summed E-state index contributed by atoms with van der Waals surface area (Å²) in [6, 6.07) is 10.9. The average Bonchev–Trinajstić information content (AvgIpc) is 2.44. The van der Waals surface area contributed by atoms with Gasteiger partial charge in [0.05, 0.1) is 10.5 Å². The van der Waals surface area contributed by atoms with E-state index in [2.05, 4.69) is 15.9 Å². The first-order chi connectivity index (χ1) is 9.52. The maximum atomic E-state index is 13.3. The highest BCUT2D eigenvalue weighted by Gasteiger charge is 2.17. The Morgan fingerprint density at radius 1 is 1.15 bits per heavy atom. The van der Waals surface area contributed by atoms with Gasteiger partial charge >= 0.3 is 0 Å². The fraction of sp³-hybridized carbons (Fsp3) is 0.200. The molecule has 1 unspecified atom stereocenters. The Balaban J connectivity index is 2.31. The number of hydrogen-bond acceptors (Lipinski definition) is 2. The molecule has 2 aromatic rings. The lowest BCUT2D eigenvalue weighted by Gasteiger charge is -2.29. The first-order valence-electron chi connectivity index (χ1n) is 6.16. The smallest absolute Gasteiger partial charge is 0.137 e. The normalized spacial score (nSPS) is 12.2. The van der Waals surface area contributed by atoms with E-state index in [9.17, 15) is 8.78 Å². The Morgan fingerprint density at radius 3 is 2.35 bits per heavy atom. The van der Waals surface area contributed by atoms with E-state index in [0.717, 1.165) is 11.3 Å². The van der Waals surface area contributed by atoms with Crippen molar-refractivity contribution in [3.8, 4) is 0 Å². The Kier molecular flexibility index (Phi) is 4.73. The van der Waals surface area contributed by atoms with Crippen LogP contribution >= 0.6 is 15.9 Å². The molecular weight excluding hydrogens is 326 g/mol. The van der Waals surface area contributed by atoms with Gasteiger partial charge in [-0.1, -0.05) is 6.07 Å². The zero-order valence-electron chi connectivity index (χ0n) is 11.0. The molecule has 0 aliphatic rings. The van der Waals surface area contributed by atoms with Crippen LogP contribution in [0.3, 0.4) is 0 Å². The number of benzene rings is 2. The van der Waals surface area contributed by atoms with Gasteiger partial charge in [0.1, 0.15) is 11.6 Å². The number of anilines is 1. The molecule has 2 rings (SSSR count). The topological polar surface area (TPSA) is 29.3 Å². The largest absolute Gasteiger partial charge is 0.366 e. The van der Waals surface area contributed by atoms with Gasteiger partial charge in [-0.3, -0.25) is 0 Å². The number of halogens is 3. The van der Waals surface area contributed by atoms with Gasteiger partial charge in [0.25, 0.3) is 0 Å². The van der Waals surface area contributed by atoms with Crippen molar-refractivity contribution in [2.24, 2.45) is 5.73 Å². The van der Waals surface area contributed by atoms with Crippen molar-refractivity contribution in [2.45, 2.75) is 6.04 Å². The van der Waals surface area contributed by atoms with E-state index in [1.165, 1.54) is 18.2 Å². The molecular formula is C15H15BrF2N2. The van der Waals surface area contributed by atoms with Crippen molar-refractivity contribution in [1.29, 1.82) is 0 Å². The molecule has 0 aliphatic carbocycles. The summed E-state index contributed by atoms with van der Waals surface area (Å²) in [5.74, 6) is -0.593. The maximum absolute atomic E-state index is 13.3. The summed E-state index contributed by atoms with van der Waals surface area (Å²) in [6.07, 6.45) is 0. The molecule has 5 heteroatoms. The lowest BCUT2D eigenvalue weighted by Crippen LogP contribution is -2.30. The Labute approximate surface area is 125 Å². The molecule has 0 amide bonds. The summed E-state index contributed by atoms with van der Waals surface area (Å²) >= 11 is 3.17. The van der Waals surface area contributed by atoms with E-state index in [4.69, 9.17) is 5.73 Å². The van der Waals surface area contributed by atoms with Crippen LogP contribution in [0.5, 0.6) is 0 Å². The maximum Gasteiger partial charge on any atom is 0.137 e. The molecule has 1 atom stereocenters. The lowest BCUT2D eigenvalue weighted by atomic mass is 10.0. The van der Waals surface area contributed by atoms with Gasteiger partial charge in [-0.15, -0.1) is 0 Å². The number of hydrogen-bond donors (Lipinski definition) is 1. The molecule has 0 aromatic heterocycles. The molecule has 0 aliphatic heterocycles. The molecule has 0 radical (unpaired) electrons. The first-order valence-corrected chi connectivity index (χ1v) is 6.95. The molecule has 106 valence electrons. The van der Waals surface area contributed by atoms with Crippen molar-refractivity contribution in [1.82, 2.24) is 0 Å². The van der Waals surface area contributed by atoms with Gasteiger partial charge in [0.2, 0.25) is 0 Å². The van der Waals surface area contributed by atoms with Gasteiger partial charge < -0.3 is 10.6 Å². The van der Waals surface area contributed by atoms with Gasteiger partial charge in [-0.05, 0) is 57.9 Å². The second-order valence-corrected chi connectivity index (χ2v) is 5.37. The Morgan fingerprint density at radius 2 is 1.80 bits per heavy atom. The summed E-state index contributed by atoms with van der Waals surface area (Å²) in [7, 11) is 1.88. The summed E-state index contributed by atoms with van der Waals surface area (Å²) in [5, 5.41) is 0. The van der Waals surface area contributed by atoms with Crippen LogP contribution in [0.4, 0.5) is 14.5 Å². The van der Waals surface area contributed by atoms with Gasteiger partial charge in [-0.25, -0.2) is 8.78 Å². The van der Waals surface area contributed by atoms with E-state index in [1.54, 1.807) is 24.3 Å². The summed E-state index contributed by atoms with van der Waals surface area (Å²) < 4.78 is 26.7. The van der Waals surface area contributed by atoms with Crippen LogP contribution in [0.15, 0.2) is 46.9 Å². The van der Waals surface area contributed by atoms with Crippen LogP contribution in [0.2, 0.25) is 0 Å². The minimum Gasteiger partial charge on any atom is -0.366 e. The van der Waals surface area contributed by atoms with Gasteiger partial charge in [0.15, 0.2) is 0 Å². The van der Waals surface area contributed by atoms with E-state index in [0.29, 0.717) is 11.0 Å². The zero-order chi connectivity index (χ0) is 14.7. The molecule has 20 heavy (non-hydrogen) atoms. The minimum absolute atomic E-state index is 0.114. The Bertz CT molecular complexity index is 587. The highest BCUT2D eigenvalue weighted by molar-refractivity contribution is 9.10. The molecule has 0 saturated heterocycles. The molecule has 0 heterocycles. The van der Waals surface area contributed by atoms with Crippen molar-refractivity contribution in [3.63, 3.8) is 0 Å². The van der Waals surface area contributed by atoms with Crippen LogP contribution in [-0.2, 0) is 0 Å². The van der Waals surface area contributed by atoms with Crippen LogP contribution in [0, 0.1) is 11.6 Å². The van der Waals surface area contributed by atoms with Gasteiger partial charge in [-0.2, -0.15) is 0 Å². The van der Waals surface area contributed by atoms with E-state index >= 15 is 0 Å². The second-order valence-electron chi connectivity index (χ2n) is 4.51. The number of rotatable bonds is 4. The average molecular weight is 341 g/mol. The minimum atomic E-state index is -0.311. The van der Waals surface area contributed by atoms with Crippen LogP contribution in [0.25, 0.3) is 0 Å². The Hall–Kier alpha value is -1.46. The predicted octanol–water partition coefficient (Wildman–Crippen LogP) is 3.86. The monoisotopic (exact) mass is 340 g/mol. The van der Waals surface area contributed by atoms with E-state index < -0.39 is 0 Å². The third-order valence-corrected chi connectivity index (χ3v) is 3.86. The standard InChI is InChI=1S/C15H15BrF2N2/c1-20(12-5-3-11(17)4-6-12)15(9-19)10-2-7-14(18)13(16)8-10/h2-8,15H,9,19H2,1H3. The SMILES string of the molecule is CN(c1ccc(F)cc1)C(CN)c1ccc(F)c(Br)c1. The first kappa shape index (κ1) is 14.9. The molecule has 2 aromatic carbocycles. The number of nitrogens with two attached hydrogens (primary N) is 1. The van der Waals surface area contributed by atoms with Gasteiger partial charge in [0, 0.05) is 19.3 Å². The third-order valence-electron chi connectivity index (χ3n) is 3.25. The fourth-order valence-corrected chi connectivity index (χ4v) is 2.49.